The zero-order chi connectivity index (χ0) is 20.4. The fraction of sp³-hybridized carbons (Fsp3) is 0.333. The molecular weight excluding hydrogens is 385 g/mol. The maximum Gasteiger partial charge on any atom is 0.164 e. The monoisotopic (exact) mass is 415 g/mol. The van der Waals surface area contributed by atoms with E-state index in [1.807, 2.05) is 60.7 Å². The number of hydrogen-bond acceptors (Lipinski definition) is 2. The van der Waals surface area contributed by atoms with Crippen molar-refractivity contribution in [3.05, 3.63) is 90.5 Å². The molecule has 3 aromatic carbocycles. The first-order chi connectivity index (χ1) is 14.8. The lowest BCUT2D eigenvalue weighted by Crippen LogP contribution is -2.37. The fourth-order valence-corrected chi connectivity index (χ4v) is 8.68. The van der Waals surface area contributed by atoms with Gasteiger partial charge in [0, 0.05) is 16.3 Å². The summed E-state index contributed by atoms with van der Waals surface area (Å²) in [7, 11) is -2.85. The van der Waals surface area contributed by atoms with Crippen LogP contribution >= 0.6 is 7.14 Å². The van der Waals surface area contributed by atoms with Crippen LogP contribution in [0.2, 0.25) is 0 Å². The third-order valence-electron chi connectivity index (χ3n) is 7.10. The normalized spacial score (nSPS) is 22.1. The molecular formula is C27H30NOP. The minimum Gasteiger partial charge on any atom is -0.375 e. The molecule has 0 spiro atoms. The quantitative estimate of drug-likeness (QED) is 0.492. The number of rotatable bonds is 4. The van der Waals surface area contributed by atoms with Gasteiger partial charge in [-0.3, -0.25) is 0 Å². The van der Waals surface area contributed by atoms with Gasteiger partial charge in [-0.2, -0.15) is 0 Å². The molecule has 2 nitrogen and oxygen atoms in total. The molecule has 2 unspecified atom stereocenters. The molecule has 1 saturated carbocycles. The molecule has 0 amide bonds. The van der Waals surface area contributed by atoms with Crippen LogP contribution in [0.4, 0.5) is 5.69 Å². The molecule has 30 heavy (non-hydrogen) atoms. The summed E-state index contributed by atoms with van der Waals surface area (Å²) in [4.78, 5) is 0. The predicted octanol–water partition coefficient (Wildman–Crippen LogP) is 6.51. The summed E-state index contributed by atoms with van der Waals surface area (Å²) in [6.07, 6.45) is 7.55. The molecule has 1 heterocycles. The minimum atomic E-state index is -2.85. The van der Waals surface area contributed by atoms with E-state index in [1.165, 1.54) is 43.4 Å². The van der Waals surface area contributed by atoms with Gasteiger partial charge in [-0.1, -0.05) is 98.1 Å². The van der Waals surface area contributed by atoms with Gasteiger partial charge in [0.2, 0.25) is 0 Å². The number of benzene rings is 3. The van der Waals surface area contributed by atoms with Crippen LogP contribution in [-0.4, -0.2) is 5.78 Å². The molecule has 1 aliphatic carbocycles. The Kier molecular flexibility index (Phi) is 5.52. The van der Waals surface area contributed by atoms with Crippen LogP contribution in [0.15, 0.2) is 84.9 Å². The average Bonchev–Trinajstić information content (AvgIpc) is 2.84. The summed E-state index contributed by atoms with van der Waals surface area (Å²) >= 11 is 0. The van der Waals surface area contributed by atoms with Gasteiger partial charge in [-0.15, -0.1) is 0 Å². The van der Waals surface area contributed by atoms with Crippen molar-refractivity contribution in [3.8, 4) is 0 Å². The Labute approximate surface area is 180 Å². The molecule has 2 aliphatic rings. The first-order valence-corrected chi connectivity index (χ1v) is 13.1. The Morgan fingerprint density at radius 1 is 0.700 bits per heavy atom. The molecule has 3 aromatic rings. The largest absolute Gasteiger partial charge is 0.375 e. The van der Waals surface area contributed by atoms with E-state index in [-0.39, 0.29) is 5.78 Å². The van der Waals surface area contributed by atoms with Crippen LogP contribution in [0, 0.1) is 5.92 Å². The maximum absolute atomic E-state index is 14.9. The second-order valence-electron chi connectivity index (χ2n) is 8.82. The lowest BCUT2D eigenvalue weighted by atomic mass is 9.74. The van der Waals surface area contributed by atoms with Crippen molar-refractivity contribution in [2.24, 2.45) is 5.92 Å². The van der Waals surface area contributed by atoms with Gasteiger partial charge < -0.3 is 9.88 Å². The first-order valence-electron chi connectivity index (χ1n) is 11.3. The molecule has 5 rings (SSSR count). The lowest BCUT2D eigenvalue weighted by Gasteiger charge is -2.41. The molecule has 2 atom stereocenters. The van der Waals surface area contributed by atoms with E-state index in [9.17, 15) is 4.57 Å². The Hall–Kier alpha value is -2.31. The van der Waals surface area contributed by atoms with Crippen molar-refractivity contribution in [1.29, 1.82) is 0 Å². The van der Waals surface area contributed by atoms with Gasteiger partial charge in [0.05, 0.1) is 5.78 Å². The SMILES string of the molecule is O=P(c1ccccc1)(c1ccccc1)C1CC(C2CCCCC2)c2ccccc2N1. The van der Waals surface area contributed by atoms with Crippen LogP contribution in [0.3, 0.4) is 0 Å². The molecule has 0 aromatic heterocycles. The van der Waals surface area contributed by atoms with Gasteiger partial charge in [-0.05, 0) is 42.7 Å². The average molecular weight is 416 g/mol. The van der Waals surface area contributed by atoms with Crippen LogP contribution in [0.25, 0.3) is 0 Å². The van der Waals surface area contributed by atoms with E-state index in [4.69, 9.17) is 0 Å². The topological polar surface area (TPSA) is 29.1 Å². The first kappa shape index (κ1) is 19.6. The second-order valence-corrected chi connectivity index (χ2v) is 11.8. The highest BCUT2D eigenvalue weighted by Crippen LogP contribution is 2.56. The highest BCUT2D eigenvalue weighted by atomic mass is 31.2. The second kappa shape index (κ2) is 8.44. The van der Waals surface area contributed by atoms with Crippen LogP contribution in [0.5, 0.6) is 0 Å². The zero-order valence-electron chi connectivity index (χ0n) is 17.4. The van der Waals surface area contributed by atoms with E-state index >= 15 is 0 Å². The van der Waals surface area contributed by atoms with Crippen LogP contribution < -0.4 is 15.9 Å². The van der Waals surface area contributed by atoms with Gasteiger partial charge >= 0.3 is 0 Å². The lowest BCUT2D eigenvalue weighted by molar-refractivity contribution is 0.290. The smallest absolute Gasteiger partial charge is 0.164 e. The molecule has 0 saturated heterocycles. The van der Waals surface area contributed by atoms with E-state index in [1.54, 1.807) is 0 Å². The molecule has 1 fully saturated rings. The number of nitrogens with one attached hydrogen (secondary N) is 1. The third kappa shape index (κ3) is 3.52. The van der Waals surface area contributed by atoms with E-state index in [0.29, 0.717) is 11.8 Å². The zero-order valence-corrected chi connectivity index (χ0v) is 18.3. The Morgan fingerprint density at radius 2 is 1.27 bits per heavy atom. The number of para-hydroxylation sites is 1. The van der Waals surface area contributed by atoms with Gasteiger partial charge in [-0.25, -0.2) is 0 Å². The molecule has 3 heteroatoms. The van der Waals surface area contributed by atoms with Crippen molar-refractivity contribution in [1.82, 2.24) is 0 Å². The van der Waals surface area contributed by atoms with Gasteiger partial charge in [0.1, 0.15) is 0 Å². The van der Waals surface area contributed by atoms with Gasteiger partial charge in [0.15, 0.2) is 7.14 Å². The summed E-state index contributed by atoms with van der Waals surface area (Å²) in [5.41, 5.74) is 2.60. The Bertz CT molecular complexity index is 983. The molecule has 1 N–H and O–H groups in total. The van der Waals surface area contributed by atoms with Crippen molar-refractivity contribution < 1.29 is 4.57 Å². The summed E-state index contributed by atoms with van der Waals surface area (Å²) in [5, 5.41) is 5.65. The van der Waals surface area contributed by atoms with E-state index in [0.717, 1.165) is 17.0 Å². The molecule has 154 valence electrons. The van der Waals surface area contributed by atoms with Crippen molar-refractivity contribution in [2.45, 2.75) is 50.2 Å². The van der Waals surface area contributed by atoms with Gasteiger partial charge in [0.25, 0.3) is 0 Å². The van der Waals surface area contributed by atoms with Crippen molar-refractivity contribution in [3.63, 3.8) is 0 Å². The summed E-state index contributed by atoms with van der Waals surface area (Å²) in [5.74, 6) is 1.10. The van der Waals surface area contributed by atoms with Crippen LogP contribution in [-0.2, 0) is 4.57 Å². The van der Waals surface area contributed by atoms with Crippen molar-refractivity contribution >= 4 is 23.4 Å². The van der Waals surface area contributed by atoms with Crippen LogP contribution in [0.1, 0.15) is 50.0 Å². The summed E-state index contributed by atoms with van der Waals surface area (Å²) in [6, 6.07) is 29.0. The number of hydrogen-bond donors (Lipinski definition) is 1. The number of anilines is 1. The third-order valence-corrected chi connectivity index (χ3v) is 10.4. The summed E-state index contributed by atoms with van der Waals surface area (Å²) in [6.45, 7) is 0. The highest BCUT2D eigenvalue weighted by Gasteiger charge is 2.43. The molecule has 1 aliphatic heterocycles. The predicted molar refractivity (Wildman–Crippen MR) is 128 cm³/mol. The maximum atomic E-state index is 14.9. The Balaban J connectivity index is 1.61. The Morgan fingerprint density at radius 3 is 1.90 bits per heavy atom. The number of fused-ring (bicyclic) bond motifs is 1. The fourth-order valence-electron chi connectivity index (χ4n) is 5.59. The van der Waals surface area contributed by atoms with Crippen molar-refractivity contribution in [2.75, 3.05) is 5.32 Å². The molecule has 0 radical (unpaired) electrons. The minimum absolute atomic E-state index is 0.0795. The molecule has 0 bridgehead atoms. The summed E-state index contributed by atoms with van der Waals surface area (Å²) < 4.78 is 14.9. The van der Waals surface area contributed by atoms with E-state index < -0.39 is 7.14 Å². The van der Waals surface area contributed by atoms with E-state index in [2.05, 4.69) is 29.6 Å². The standard InChI is InChI=1S/C27H30NOP/c29-30(22-14-6-2-7-15-22,23-16-8-3-9-17-23)27-20-25(21-12-4-1-5-13-21)24-18-10-11-19-26(24)28-27/h2-3,6-11,14-19,21,25,27-28H,1,4-5,12-13,20H2. The highest BCUT2D eigenvalue weighted by molar-refractivity contribution is 7.79.